The molecule has 2 heterocycles. The smallest absolute Gasteiger partial charge is 0.134 e. The van der Waals surface area contributed by atoms with Crippen LogP contribution in [0.5, 0.6) is 0 Å². The number of aliphatic hydroxyl groups is 1. The molecule has 0 bridgehead atoms. The van der Waals surface area contributed by atoms with Crippen LogP contribution in [0.15, 0.2) is 30.3 Å². The van der Waals surface area contributed by atoms with Crippen LogP contribution in [0, 0.1) is 0 Å². The van der Waals surface area contributed by atoms with Crippen LogP contribution in [0.4, 0.5) is 0 Å². The molecule has 23 heavy (non-hydrogen) atoms. The first kappa shape index (κ1) is 16.7. The Balaban J connectivity index is 1.66. The number of para-hydroxylation sites is 1. The van der Waals surface area contributed by atoms with E-state index in [2.05, 4.69) is 33.8 Å². The normalized spacial score (nSPS) is 18.4. The van der Waals surface area contributed by atoms with Crippen molar-refractivity contribution in [3.05, 3.63) is 41.0 Å². The molecule has 124 valence electrons. The average Bonchev–Trinajstić information content (AvgIpc) is 2.58. The molecule has 1 aromatic carbocycles. The van der Waals surface area contributed by atoms with Gasteiger partial charge in [-0.25, -0.2) is 4.98 Å². The summed E-state index contributed by atoms with van der Waals surface area (Å²) < 4.78 is 0. The fourth-order valence-corrected chi connectivity index (χ4v) is 3.48. The highest BCUT2D eigenvalue weighted by atomic mass is 35.5. The van der Waals surface area contributed by atoms with Crippen LogP contribution < -0.4 is 0 Å². The lowest BCUT2D eigenvalue weighted by atomic mass is 10.1. The molecule has 1 aliphatic rings. The van der Waals surface area contributed by atoms with Crippen molar-refractivity contribution in [1.29, 1.82) is 0 Å². The molecule has 0 amide bonds. The third-order valence-electron chi connectivity index (χ3n) is 4.75. The first-order valence-corrected chi connectivity index (χ1v) is 8.70. The number of halogens is 1. The minimum absolute atomic E-state index is 0.247. The topological polar surface area (TPSA) is 39.6 Å². The number of nitrogens with zero attached hydrogens (tertiary/aromatic N) is 3. The number of hydrogen-bond donors (Lipinski definition) is 1. The van der Waals surface area contributed by atoms with Crippen molar-refractivity contribution in [2.45, 2.75) is 25.9 Å². The summed E-state index contributed by atoms with van der Waals surface area (Å²) in [4.78, 5) is 9.31. The number of aromatic nitrogens is 1. The molecule has 4 nitrogen and oxygen atoms in total. The zero-order valence-corrected chi connectivity index (χ0v) is 14.3. The number of piperazine rings is 1. The molecule has 3 rings (SSSR count). The summed E-state index contributed by atoms with van der Waals surface area (Å²) in [7, 11) is 0. The summed E-state index contributed by atoms with van der Waals surface area (Å²) in [6.07, 6.45) is 0.997. The Morgan fingerprint density at radius 2 is 1.96 bits per heavy atom. The van der Waals surface area contributed by atoms with E-state index in [4.69, 9.17) is 11.6 Å². The quantitative estimate of drug-likeness (QED) is 0.854. The van der Waals surface area contributed by atoms with Gasteiger partial charge in [-0.3, -0.25) is 9.80 Å². The van der Waals surface area contributed by atoms with Crippen LogP contribution in [-0.4, -0.2) is 58.7 Å². The number of benzene rings is 1. The van der Waals surface area contributed by atoms with Gasteiger partial charge in [0.1, 0.15) is 5.15 Å². The molecule has 1 aromatic heterocycles. The van der Waals surface area contributed by atoms with E-state index in [0.29, 0.717) is 11.2 Å². The third kappa shape index (κ3) is 3.83. The Bertz CT molecular complexity index is 652. The lowest BCUT2D eigenvalue weighted by Gasteiger charge is -2.38. The molecule has 2 aromatic rings. The molecule has 0 saturated carbocycles. The lowest BCUT2D eigenvalue weighted by Crippen LogP contribution is -2.50. The Morgan fingerprint density at radius 1 is 1.22 bits per heavy atom. The van der Waals surface area contributed by atoms with Gasteiger partial charge in [0.25, 0.3) is 0 Å². The molecule has 1 saturated heterocycles. The van der Waals surface area contributed by atoms with Crippen molar-refractivity contribution in [2.75, 3.05) is 32.8 Å². The first-order chi connectivity index (χ1) is 11.2. The molecule has 1 N–H and O–H groups in total. The van der Waals surface area contributed by atoms with Gasteiger partial charge in [0, 0.05) is 49.7 Å². The molecule has 1 atom stereocenters. The standard InChI is InChI=1S/C18H24ClN3O/c1-2-16(13-23)22-9-7-21(8-10-22)12-15-11-14-5-3-4-6-17(14)20-18(15)19/h3-6,11,16,23H,2,7-10,12-13H2,1H3. The van der Waals surface area contributed by atoms with E-state index in [0.717, 1.165) is 55.6 Å². The minimum Gasteiger partial charge on any atom is -0.395 e. The van der Waals surface area contributed by atoms with Crippen molar-refractivity contribution < 1.29 is 5.11 Å². The molecular formula is C18H24ClN3O. The van der Waals surface area contributed by atoms with Gasteiger partial charge in [-0.15, -0.1) is 0 Å². The van der Waals surface area contributed by atoms with Crippen LogP contribution in [0.1, 0.15) is 18.9 Å². The van der Waals surface area contributed by atoms with Gasteiger partial charge < -0.3 is 5.11 Å². The maximum absolute atomic E-state index is 9.44. The van der Waals surface area contributed by atoms with Crippen molar-refractivity contribution in [3.63, 3.8) is 0 Å². The van der Waals surface area contributed by atoms with Gasteiger partial charge >= 0.3 is 0 Å². The summed E-state index contributed by atoms with van der Waals surface area (Å²) >= 11 is 6.37. The summed E-state index contributed by atoms with van der Waals surface area (Å²) in [5, 5.41) is 11.2. The summed E-state index contributed by atoms with van der Waals surface area (Å²) in [6, 6.07) is 10.5. The number of aliphatic hydroxyl groups excluding tert-OH is 1. The van der Waals surface area contributed by atoms with Crippen molar-refractivity contribution in [1.82, 2.24) is 14.8 Å². The van der Waals surface area contributed by atoms with Crippen molar-refractivity contribution in [3.8, 4) is 0 Å². The van der Waals surface area contributed by atoms with Gasteiger partial charge in [-0.1, -0.05) is 36.7 Å². The summed E-state index contributed by atoms with van der Waals surface area (Å²) in [5.74, 6) is 0. The van der Waals surface area contributed by atoms with Gasteiger partial charge in [-0.2, -0.15) is 0 Å². The zero-order chi connectivity index (χ0) is 16.2. The molecule has 0 radical (unpaired) electrons. The molecule has 5 heteroatoms. The molecule has 1 unspecified atom stereocenters. The zero-order valence-electron chi connectivity index (χ0n) is 13.6. The molecule has 0 aliphatic carbocycles. The van der Waals surface area contributed by atoms with E-state index < -0.39 is 0 Å². The highest BCUT2D eigenvalue weighted by Gasteiger charge is 2.22. The van der Waals surface area contributed by atoms with Crippen LogP contribution in [0.3, 0.4) is 0 Å². The molecule has 1 aliphatic heterocycles. The Kier molecular flexibility index (Phi) is 5.49. The Hall–Kier alpha value is -1.20. The number of rotatable bonds is 5. The molecular weight excluding hydrogens is 310 g/mol. The van der Waals surface area contributed by atoms with Crippen LogP contribution >= 0.6 is 11.6 Å². The second kappa shape index (κ2) is 7.58. The molecule has 1 fully saturated rings. The van der Waals surface area contributed by atoms with Gasteiger partial charge in [0.15, 0.2) is 0 Å². The second-order valence-electron chi connectivity index (χ2n) is 6.19. The fraction of sp³-hybridized carbons (Fsp3) is 0.500. The van der Waals surface area contributed by atoms with E-state index >= 15 is 0 Å². The number of fused-ring (bicyclic) bond motifs is 1. The fourth-order valence-electron chi connectivity index (χ4n) is 3.28. The van der Waals surface area contributed by atoms with Crippen molar-refractivity contribution >= 4 is 22.5 Å². The highest BCUT2D eigenvalue weighted by molar-refractivity contribution is 6.30. The number of hydrogen-bond acceptors (Lipinski definition) is 4. The van der Waals surface area contributed by atoms with Gasteiger partial charge in [-0.05, 0) is 18.6 Å². The lowest BCUT2D eigenvalue weighted by molar-refractivity contribution is 0.0608. The third-order valence-corrected chi connectivity index (χ3v) is 5.08. The maximum Gasteiger partial charge on any atom is 0.134 e. The SMILES string of the molecule is CCC(CO)N1CCN(Cc2cc3ccccc3nc2Cl)CC1. The summed E-state index contributed by atoms with van der Waals surface area (Å²) in [6.45, 7) is 7.21. The van der Waals surface area contributed by atoms with Crippen LogP contribution in [-0.2, 0) is 6.54 Å². The number of pyridine rings is 1. The van der Waals surface area contributed by atoms with Crippen molar-refractivity contribution in [2.24, 2.45) is 0 Å². The Labute approximate surface area is 142 Å². The second-order valence-corrected chi connectivity index (χ2v) is 6.55. The monoisotopic (exact) mass is 333 g/mol. The first-order valence-electron chi connectivity index (χ1n) is 8.32. The maximum atomic E-state index is 9.44. The molecule has 0 spiro atoms. The largest absolute Gasteiger partial charge is 0.395 e. The minimum atomic E-state index is 0.247. The predicted molar refractivity (Wildman–Crippen MR) is 94.8 cm³/mol. The van der Waals surface area contributed by atoms with Crippen LogP contribution in [0.2, 0.25) is 5.15 Å². The van der Waals surface area contributed by atoms with E-state index in [1.807, 2.05) is 18.2 Å². The Morgan fingerprint density at radius 3 is 2.65 bits per heavy atom. The van der Waals surface area contributed by atoms with E-state index in [9.17, 15) is 5.11 Å². The van der Waals surface area contributed by atoms with E-state index in [1.54, 1.807) is 0 Å². The highest BCUT2D eigenvalue weighted by Crippen LogP contribution is 2.22. The summed E-state index contributed by atoms with van der Waals surface area (Å²) in [5.41, 5.74) is 2.04. The van der Waals surface area contributed by atoms with Gasteiger partial charge in [0.2, 0.25) is 0 Å². The van der Waals surface area contributed by atoms with E-state index in [-0.39, 0.29) is 6.61 Å². The van der Waals surface area contributed by atoms with E-state index in [1.165, 1.54) is 0 Å². The predicted octanol–water partition coefficient (Wildman–Crippen LogP) is 2.78. The average molecular weight is 334 g/mol. The van der Waals surface area contributed by atoms with Crippen LogP contribution in [0.25, 0.3) is 10.9 Å². The van der Waals surface area contributed by atoms with Gasteiger partial charge in [0.05, 0.1) is 12.1 Å².